The van der Waals surface area contributed by atoms with Crippen LogP contribution < -0.4 is 9.47 Å². The number of hydrogen-bond acceptors (Lipinski definition) is 8. The van der Waals surface area contributed by atoms with Gasteiger partial charge in [0.1, 0.15) is 10.5 Å². The van der Waals surface area contributed by atoms with Gasteiger partial charge in [0.2, 0.25) is 5.88 Å². The Kier molecular flexibility index (Phi) is 6.25. The van der Waals surface area contributed by atoms with Crippen LogP contribution in [0.15, 0.2) is 54.1 Å². The van der Waals surface area contributed by atoms with Crippen LogP contribution in [-0.2, 0) is 4.79 Å². The second-order valence-electron chi connectivity index (χ2n) is 5.71. The molecule has 0 atom stereocenters. The SMILES string of the molecule is C=CCN1C(=O)/C(=C/c2ccc(Oc3ccc([N+](=O)[O-])cn3)c(OC)c2)SC1=S. The highest BCUT2D eigenvalue weighted by Crippen LogP contribution is 2.36. The lowest BCUT2D eigenvalue weighted by molar-refractivity contribution is -0.385. The number of nitro groups is 1. The summed E-state index contributed by atoms with van der Waals surface area (Å²) in [6.45, 7) is 3.99. The maximum absolute atomic E-state index is 12.4. The van der Waals surface area contributed by atoms with Gasteiger partial charge in [-0.2, -0.15) is 0 Å². The molecule has 8 nitrogen and oxygen atoms in total. The van der Waals surface area contributed by atoms with E-state index in [-0.39, 0.29) is 17.5 Å². The summed E-state index contributed by atoms with van der Waals surface area (Å²) in [5.74, 6) is 0.812. The van der Waals surface area contributed by atoms with Gasteiger partial charge in [-0.1, -0.05) is 36.1 Å². The number of hydrogen-bond donors (Lipinski definition) is 0. The molecule has 2 heterocycles. The Labute approximate surface area is 176 Å². The predicted octanol–water partition coefficient (Wildman–Crippen LogP) is 4.18. The highest BCUT2D eigenvalue weighted by molar-refractivity contribution is 8.26. The number of aromatic nitrogens is 1. The van der Waals surface area contributed by atoms with E-state index >= 15 is 0 Å². The van der Waals surface area contributed by atoms with E-state index in [1.165, 1.54) is 35.9 Å². The Morgan fingerprint density at radius 3 is 2.76 bits per heavy atom. The Bertz CT molecular complexity index is 1020. The third-order valence-electron chi connectivity index (χ3n) is 3.82. The number of methoxy groups -OCH3 is 1. The average molecular weight is 429 g/mol. The van der Waals surface area contributed by atoms with Gasteiger partial charge in [-0.25, -0.2) is 4.98 Å². The molecule has 3 rings (SSSR count). The molecule has 2 aromatic rings. The Morgan fingerprint density at radius 2 is 2.14 bits per heavy atom. The van der Waals surface area contributed by atoms with Gasteiger partial charge in [0.25, 0.3) is 11.6 Å². The van der Waals surface area contributed by atoms with Gasteiger partial charge < -0.3 is 9.47 Å². The Morgan fingerprint density at radius 1 is 1.34 bits per heavy atom. The van der Waals surface area contributed by atoms with Crippen molar-refractivity contribution in [2.75, 3.05) is 13.7 Å². The van der Waals surface area contributed by atoms with Gasteiger partial charge in [-0.3, -0.25) is 19.8 Å². The molecule has 1 aliphatic heterocycles. The number of benzene rings is 1. The van der Waals surface area contributed by atoms with Crippen molar-refractivity contribution in [3.05, 3.63) is 69.8 Å². The van der Waals surface area contributed by atoms with Crippen LogP contribution in [0.5, 0.6) is 17.4 Å². The molecule has 1 aromatic carbocycles. The van der Waals surface area contributed by atoms with Gasteiger partial charge in [0.05, 0.1) is 16.9 Å². The van der Waals surface area contributed by atoms with Crippen molar-refractivity contribution in [1.82, 2.24) is 9.88 Å². The maximum Gasteiger partial charge on any atom is 0.287 e. The van der Waals surface area contributed by atoms with E-state index in [4.69, 9.17) is 21.7 Å². The zero-order valence-electron chi connectivity index (χ0n) is 15.2. The first-order chi connectivity index (χ1) is 13.9. The number of rotatable bonds is 7. The second-order valence-corrected chi connectivity index (χ2v) is 7.38. The lowest BCUT2D eigenvalue weighted by atomic mass is 10.2. The monoisotopic (exact) mass is 429 g/mol. The molecule has 0 radical (unpaired) electrons. The number of amides is 1. The largest absolute Gasteiger partial charge is 0.493 e. The van der Waals surface area contributed by atoms with Crippen molar-refractivity contribution in [2.24, 2.45) is 0 Å². The van der Waals surface area contributed by atoms with Gasteiger partial charge in [-0.05, 0) is 23.8 Å². The molecule has 0 unspecified atom stereocenters. The predicted molar refractivity (Wildman–Crippen MR) is 114 cm³/mol. The molecular formula is C19H15N3O5S2. The second kappa shape index (κ2) is 8.84. The van der Waals surface area contributed by atoms with E-state index in [0.29, 0.717) is 27.3 Å². The zero-order valence-corrected chi connectivity index (χ0v) is 16.9. The summed E-state index contributed by atoms with van der Waals surface area (Å²) >= 11 is 6.45. The van der Waals surface area contributed by atoms with Crippen LogP contribution in [-0.4, -0.2) is 38.7 Å². The van der Waals surface area contributed by atoms with Crippen LogP contribution in [0, 0.1) is 10.1 Å². The summed E-state index contributed by atoms with van der Waals surface area (Å²) in [5, 5.41) is 10.7. The fourth-order valence-electron chi connectivity index (χ4n) is 2.45. The smallest absolute Gasteiger partial charge is 0.287 e. The third-order valence-corrected chi connectivity index (χ3v) is 5.19. The molecule has 0 bridgehead atoms. The maximum atomic E-state index is 12.4. The van der Waals surface area contributed by atoms with Crippen molar-refractivity contribution < 1.29 is 19.2 Å². The highest BCUT2D eigenvalue weighted by atomic mass is 32.2. The molecular weight excluding hydrogens is 414 g/mol. The summed E-state index contributed by atoms with van der Waals surface area (Å²) in [4.78, 5) is 28.5. The normalized spacial score (nSPS) is 14.9. The minimum absolute atomic E-state index is 0.131. The first-order valence-electron chi connectivity index (χ1n) is 8.25. The molecule has 0 aliphatic carbocycles. The quantitative estimate of drug-likeness (QED) is 0.213. The van der Waals surface area contributed by atoms with Crippen LogP contribution in [0.25, 0.3) is 6.08 Å². The van der Waals surface area contributed by atoms with Gasteiger partial charge in [-0.15, -0.1) is 6.58 Å². The molecule has 29 heavy (non-hydrogen) atoms. The van der Waals surface area contributed by atoms with Crippen molar-refractivity contribution in [3.8, 4) is 17.4 Å². The molecule has 148 valence electrons. The minimum Gasteiger partial charge on any atom is -0.493 e. The van der Waals surface area contributed by atoms with Gasteiger partial charge in [0, 0.05) is 18.7 Å². The van der Waals surface area contributed by atoms with Crippen molar-refractivity contribution in [3.63, 3.8) is 0 Å². The molecule has 0 N–H and O–H groups in total. The van der Waals surface area contributed by atoms with Crippen LogP contribution in [0.4, 0.5) is 5.69 Å². The zero-order chi connectivity index (χ0) is 21.0. The van der Waals surface area contributed by atoms with Crippen molar-refractivity contribution >= 4 is 46.0 Å². The molecule has 1 aliphatic rings. The standard InChI is InChI=1S/C19H15N3O5S2/c1-3-8-21-18(23)16(29-19(21)28)10-12-4-6-14(15(9-12)26-2)27-17-7-5-13(11-20-17)22(24)25/h3-7,9-11H,1,8H2,2H3/b16-10-. The molecule has 1 aromatic heterocycles. The lowest BCUT2D eigenvalue weighted by Crippen LogP contribution is -2.27. The van der Waals surface area contributed by atoms with Crippen LogP contribution >= 0.6 is 24.0 Å². The molecule has 0 saturated carbocycles. The summed E-state index contributed by atoms with van der Waals surface area (Å²) in [6, 6.07) is 7.83. The van der Waals surface area contributed by atoms with E-state index in [1.807, 2.05) is 0 Å². The fourth-order valence-corrected chi connectivity index (χ4v) is 3.72. The Hall–Kier alpha value is -3.24. The number of carbonyl (C=O) groups excluding carboxylic acids is 1. The fraction of sp³-hybridized carbons (Fsp3) is 0.105. The van der Waals surface area contributed by atoms with Crippen LogP contribution in [0.2, 0.25) is 0 Å². The van der Waals surface area contributed by atoms with E-state index < -0.39 is 4.92 Å². The third kappa shape index (κ3) is 4.61. The summed E-state index contributed by atoms with van der Waals surface area (Å²) in [7, 11) is 1.48. The van der Waals surface area contributed by atoms with Crippen LogP contribution in [0.3, 0.4) is 0 Å². The van der Waals surface area contributed by atoms with Crippen molar-refractivity contribution in [1.29, 1.82) is 0 Å². The lowest BCUT2D eigenvalue weighted by Gasteiger charge is -2.11. The molecule has 1 saturated heterocycles. The van der Waals surface area contributed by atoms with E-state index in [9.17, 15) is 14.9 Å². The van der Waals surface area contributed by atoms with E-state index in [2.05, 4.69) is 11.6 Å². The van der Waals surface area contributed by atoms with E-state index in [1.54, 1.807) is 30.4 Å². The number of thiocarbonyl (C=S) groups is 1. The van der Waals surface area contributed by atoms with Crippen molar-refractivity contribution in [2.45, 2.75) is 0 Å². The van der Waals surface area contributed by atoms with Gasteiger partial charge >= 0.3 is 0 Å². The topological polar surface area (TPSA) is 94.8 Å². The van der Waals surface area contributed by atoms with Crippen LogP contribution in [0.1, 0.15) is 5.56 Å². The average Bonchev–Trinajstić information content (AvgIpc) is 2.97. The molecule has 10 heteroatoms. The van der Waals surface area contributed by atoms with E-state index in [0.717, 1.165) is 11.8 Å². The Balaban J connectivity index is 1.82. The summed E-state index contributed by atoms with van der Waals surface area (Å²) < 4.78 is 11.5. The number of ether oxygens (including phenoxy) is 2. The molecule has 1 amide bonds. The highest BCUT2D eigenvalue weighted by Gasteiger charge is 2.31. The molecule has 0 spiro atoms. The number of thioether (sulfide) groups is 1. The minimum atomic E-state index is -0.538. The number of nitrogens with zero attached hydrogens (tertiary/aromatic N) is 3. The first-order valence-corrected chi connectivity index (χ1v) is 9.48. The summed E-state index contributed by atoms with van der Waals surface area (Å²) in [5.41, 5.74) is 0.596. The molecule has 1 fully saturated rings. The summed E-state index contributed by atoms with van der Waals surface area (Å²) in [6.07, 6.45) is 4.45. The van der Waals surface area contributed by atoms with Gasteiger partial charge in [0.15, 0.2) is 11.5 Å². The number of pyridine rings is 1. The first kappa shape index (κ1) is 20.5. The number of carbonyl (C=O) groups is 1.